The van der Waals surface area contributed by atoms with Crippen molar-refractivity contribution < 1.29 is 28.6 Å². The molecule has 0 aromatic heterocycles. The zero-order valence-electron chi connectivity index (χ0n) is 19.6. The van der Waals surface area contributed by atoms with Crippen LogP contribution in [0.3, 0.4) is 0 Å². The van der Waals surface area contributed by atoms with E-state index in [1.54, 1.807) is 12.0 Å². The predicted molar refractivity (Wildman–Crippen MR) is 118 cm³/mol. The summed E-state index contributed by atoms with van der Waals surface area (Å²) in [6.45, 7) is 5.92. The number of aldehydes is 1. The van der Waals surface area contributed by atoms with Gasteiger partial charge in [0, 0.05) is 25.2 Å². The van der Waals surface area contributed by atoms with Gasteiger partial charge in [0.15, 0.2) is 0 Å². The van der Waals surface area contributed by atoms with Gasteiger partial charge in [-0.15, -0.1) is 0 Å². The van der Waals surface area contributed by atoms with Crippen LogP contribution in [0.5, 0.6) is 5.75 Å². The molecule has 8 heteroatoms. The molecule has 2 aliphatic heterocycles. The molecule has 1 saturated heterocycles. The molecule has 3 aliphatic rings. The minimum atomic E-state index is -0.845. The fourth-order valence-electron chi connectivity index (χ4n) is 6.44. The average molecular weight is 445 g/mol. The molecule has 0 radical (unpaired) electrons. The van der Waals surface area contributed by atoms with Crippen LogP contribution in [0.4, 0.5) is 10.5 Å². The van der Waals surface area contributed by atoms with Gasteiger partial charge in [0.2, 0.25) is 0 Å². The van der Waals surface area contributed by atoms with E-state index in [1.807, 2.05) is 46.0 Å². The van der Waals surface area contributed by atoms with E-state index in [1.165, 1.54) is 7.11 Å². The maximum atomic E-state index is 13.4. The van der Waals surface area contributed by atoms with E-state index in [9.17, 15) is 14.4 Å². The fourth-order valence-corrected chi connectivity index (χ4v) is 6.44. The molecule has 1 aromatic rings. The minimum absolute atomic E-state index is 0.412. The standard InChI is InChI=1S/C24H32N2O6/c1-22(2,3)32-21(29)26-12-11-23-17-13-16(30-5)7-8-18(17)25(4)24(23,26)10-9-15(14-27)19(23)20(28)31-6/h7-8,13-15,19H,9-12H2,1-6H3/t15-,19+,23+,24+/m1/s1. The molecule has 0 spiro atoms. The maximum absolute atomic E-state index is 13.4. The van der Waals surface area contributed by atoms with Crippen LogP contribution in [0, 0.1) is 11.8 Å². The molecule has 0 bridgehead atoms. The first-order chi connectivity index (χ1) is 15.1. The monoisotopic (exact) mass is 444 g/mol. The molecule has 1 amide bonds. The molecule has 4 rings (SSSR count). The smallest absolute Gasteiger partial charge is 0.412 e. The number of esters is 1. The number of nitrogens with zero attached hydrogens (tertiary/aromatic N) is 2. The molecule has 32 heavy (non-hydrogen) atoms. The molecule has 174 valence electrons. The van der Waals surface area contributed by atoms with Gasteiger partial charge >= 0.3 is 12.1 Å². The highest BCUT2D eigenvalue weighted by Gasteiger charge is 2.75. The highest BCUT2D eigenvalue weighted by Crippen LogP contribution is 2.67. The summed E-state index contributed by atoms with van der Waals surface area (Å²) >= 11 is 0. The van der Waals surface area contributed by atoms with E-state index in [0.29, 0.717) is 31.6 Å². The summed E-state index contributed by atoms with van der Waals surface area (Å²) in [6.07, 6.45) is 1.98. The average Bonchev–Trinajstić information content (AvgIpc) is 3.21. The molecule has 1 aromatic carbocycles. The predicted octanol–water partition coefficient (Wildman–Crippen LogP) is 3.12. The fraction of sp³-hybridized carbons (Fsp3) is 0.625. The molecular formula is C24H32N2O6. The molecule has 2 heterocycles. The summed E-state index contributed by atoms with van der Waals surface area (Å²) in [6, 6.07) is 5.77. The van der Waals surface area contributed by atoms with Crippen molar-refractivity contribution in [3.05, 3.63) is 23.8 Å². The largest absolute Gasteiger partial charge is 0.497 e. The first-order valence-corrected chi connectivity index (χ1v) is 11.0. The van der Waals surface area contributed by atoms with Gasteiger partial charge < -0.3 is 23.9 Å². The van der Waals surface area contributed by atoms with Crippen LogP contribution >= 0.6 is 0 Å². The Labute approximate surface area is 188 Å². The summed E-state index contributed by atoms with van der Waals surface area (Å²) in [5.41, 5.74) is -0.498. The van der Waals surface area contributed by atoms with Crippen molar-refractivity contribution >= 4 is 24.0 Å². The third-order valence-electron chi connectivity index (χ3n) is 7.52. The highest BCUT2D eigenvalue weighted by atomic mass is 16.6. The Balaban J connectivity index is 1.97. The van der Waals surface area contributed by atoms with E-state index < -0.39 is 40.6 Å². The Hall–Kier alpha value is -2.77. The summed E-state index contributed by atoms with van der Waals surface area (Å²) in [5, 5.41) is 0. The van der Waals surface area contributed by atoms with Gasteiger partial charge in [-0.25, -0.2) is 4.79 Å². The van der Waals surface area contributed by atoms with Gasteiger partial charge in [0.25, 0.3) is 0 Å². The number of hydrogen-bond acceptors (Lipinski definition) is 7. The maximum Gasteiger partial charge on any atom is 0.412 e. The molecule has 1 saturated carbocycles. The van der Waals surface area contributed by atoms with Crippen molar-refractivity contribution in [3.8, 4) is 5.75 Å². The van der Waals surface area contributed by atoms with Crippen molar-refractivity contribution in [1.29, 1.82) is 0 Å². The van der Waals surface area contributed by atoms with E-state index in [4.69, 9.17) is 14.2 Å². The Morgan fingerprint density at radius 2 is 1.91 bits per heavy atom. The number of amides is 1. The molecule has 0 N–H and O–H groups in total. The second-order valence-corrected chi connectivity index (χ2v) is 9.95. The van der Waals surface area contributed by atoms with Crippen molar-refractivity contribution in [1.82, 2.24) is 4.90 Å². The quantitative estimate of drug-likeness (QED) is 0.523. The second-order valence-electron chi connectivity index (χ2n) is 9.95. The first-order valence-electron chi connectivity index (χ1n) is 11.0. The van der Waals surface area contributed by atoms with Crippen molar-refractivity contribution in [2.45, 2.75) is 56.7 Å². The third-order valence-corrected chi connectivity index (χ3v) is 7.52. The number of carbonyl (C=O) groups excluding carboxylic acids is 3. The zero-order chi connectivity index (χ0) is 23.5. The summed E-state index contributed by atoms with van der Waals surface area (Å²) in [7, 11) is 4.90. The van der Waals surface area contributed by atoms with Gasteiger partial charge in [-0.05, 0) is 63.8 Å². The van der Waals surface area contributed by atoms with Crippen LogP contribution < -0.4 is 9.64 Å². The van der Waals surface area contributed by atoms with Crippen LogP contribution in [0.1, 0.15) is 45.6 Å². The number of ether oxygens (including phenoxy) is 3. The third kappa shape index (κ3) is 2.77. The second kappa shape index (κ2) is 7.39. The highest BCUT2D eigenvalue weighted by molar-refractivity contribution is 5.85. The zero-order valence-corrected chi connectivity index (χ0v) is 19.6. The van der Waals surface area contributed by atoms with Crippen LogP contribution in [0.25, 0.3) is 0 Å². The molecule has 2 fully saturated rings. The number of benzene rings is 1. The minimum Gasteiger partial charge on any atom is -0.497 e. The van der Waals surface area contributed by atoms with Crippen molar-refractivity contribution in [3.63, 3.8) is 0 Å². The summed E-state index contributed by atoms with van der Waals surface area (Å²) < 4.78 is 16.5. The lowest BCUT2D eigenvalue weighted by Crippen LogP contribution is -2.69. The number of anilines is 1. The topological polar surface area (TPSA) is 85.4 Å². The normalized spacial score (nSPS) is 30.8. The number of rotatable bonds is 3. The van der Waals surface area contributed by atoms with Crippen LogP contribution in [0.2, 0.25) is 0 Å². The van der Waals surface area contributed by atoms with Crippen molar-refractivity contribution in [2.24, 2.45) is 11.8 Å². The molecular weight excluding hydrogens is 412 g/mol. The van der Waals surface area contributed by atoms with Gasteiger partial charge in [0.05, 0.1) is 25.6 Å². The Bertz CT molecular complexity index is 956. The van der Waals surface area contributed by atoms with Gasteiger partial charge in [-0.3, -0.25) is 9.69 Å². The molecule has 4 atom stereocenters. The van der Waals surface area contributed by atoms with Crippen LogP contribution in [0.15, 0.2) is 18.2 Å². The lowest BCUT2D eigenvalue weighted by atomic mass is 9.54. The van der Waals surface area contributed by atoms with Crippen LogP contribution in [-0.2, 0) is 24.5 Å². The van der Waals surface area contributed by atoms with E-state index in [0.717, 1.165) is 17.5 Å². The van der Waals surface area contributed by atoms with E-state index in [-0.39, 0.29) is 0 Å². The number of fused-ring (bicyclic) bond motifs is 1. The van der Waals surface area contributed by atoms with Crippen molar-refractivity contribution in [2.75, 3.05) is 32.7 Å². The molecule has 0 unspecified atom stereocenters. The summed E-state index contributed by atoms with van der Waals surface area (Å²) in [5.74, 6) is -0.988. The number of hydrogen-bond donors (Lipinski definition) is 0. The number of carbonyl (C=O) groups is 3. The van der Waals surface area contributed by atoms with Crippen LogP contribution in [-0.4, -0.2) is 62.3 Å². The van der Waals surface area contributed by atoms with Gasteiger partial charge in [-0.2, -0.15) is 0 Å². The number of methoxy groups -OCH3 is 2. The Morgan fingerprint density at radius 3 is 2.50 bits per heavy atom. The molecule has 1 aliphatic carbocycles. The molecule has 8 nitrogen and oxygen atoms in total. The first kappa shape index (κ1) is 22.4. The van der Waals surface area contributed by atoms with Gasteiger partial charge in [0.1, 0.15) is 23.3 Å². The van der Waals surface area contributed by atoms with E-state index in [2.05, 4.69) is 4.90 Å². The van der Waals surface area contributed by atoms with Gasteiger partial charge in [-0.1, -0.05) is 0 Å². The van der Waals surface area contributed by atoms with E-state index >= 15 is 0 Å². The summed E-state index contributed by atoms with van der Waals surface area (Å²) in [4.78, 5) is 42.6. The Kier molecular flexibility index (Phi) is 5.18. The number of likely N-dealkylation sites (tertiary alicyclic amines) is 1. The number of likely N-dealkylation sites (N-methyl/N-ethyl adjacent to an activating group) is 1. The Morgan fingerprint density at radius 1 is 1.19 bits per heavy atom. The SMILES string of the molecule is COC(=O)[C@@H]1[C@@H](C=O)CC[C@]23N(C(=O)OC(C)(C)C)CC[C@]12c1cc(OC)ccc1N3C. The lowest BCUT2D eigenvalue weighted by Gasteiger charge is -2.55. The lowest BCUT2D eigenvalue weighted by molar-refractivity contribution is -0.157.